The highest BCUT2D eigenvalue weighted by molar-refractivity contribution is 9.10. The normalized spacial score (nSPS) is 10.9. The van der Waals surface area contributed by atoms with Gasteiger partial charge in [-0.1, -0.05) is 53.7 Å². The van der Waals surface area contributed by atoms with Crippen molar-refractivity contribution in [2.24, 2.45) is 0 Å². The Hall–Kier alpha value is -0.930. The molecule has 0 unspecified atom stereocenters. The van der Waals surface area contributed by atoms with E-state index in [1.807, 2.05) is 12.1 Å². The summed E-state index contributed by atoms with van der Waals surface area (Å²) < 4.78 is 1.05. The first-order valence-corrected chi connectivity index (χ1v) is 7.50. The molecule has 3 heteroatoms. The molecule has 0 aromatic heterocycles. The van der Waals surface area contributed by atoms with E-state index in [0.29, 0.717) is 5.92 Å². The number of halogens is 1. The molecule has 2 N–H and O–H groups in total. The number of hydrogen-bond donors (Lipinski definition) is 1. The molecule has 0 bridgehead atoms. The zero-order chi connectivity index (χ0) is 13.1. The Kier molecular flexibility index (Phi) is 4.36. The first-order chi connectivity index (χ1) is 8.56. The maximum atomic E-state index is 5.97. The molecular weight excluding hydrogens is 306 g/mol. The molecule has 0 aliphatic heterocycles. The number of benzene rings is 2. The van der Waals surface area contributed by atoms with Crippen molar-refractivity contribution in [3.05, 3.63) is 52.5 Å². The van der Waals surface area contributed by atoms with Crippen LogP contribution in [0.15, 0.2) is 56.7 Å². The Morgan fingerprint density at radius 3 is 2.33 bits per heavy atom. The van der Waals surface area contributed by atoms with Crippen LogP contribution in [0, 0.1) is 0 Å². The van der Waals surface area contributed by atoms with Gasteiger partial charge in [-0.25, -0.2) is 0 Å². The highest BCUT2D eigenvalue weighted by Gasteiger charge is 2.04. The molecular formula is C15H16BrNS. The maximum absolute atomic E-state index is 5.97. The van der Waals surface area contributed by atoms with Crippen LogP contribution in [0.3, 0.4) is 0 Å². The lowest BCUT2D eigenvalue weighted by atomic mass is 10.0. The Labute approximate surface area is 121 Å². The molecule has 1 nitrogen and oxygen atoms in total. The minimum Gasteiger partial charge on any atom is -0.398 e. The number of anilines is 1. The predicted octanol–water partition coefficient (Wildman–Crippen LogP) is 5.31. The average Bonchev–Trinajstić information content (AvgIpc) is 2.34. The van der Waals surface area contributed by atoms with E-state index < -0.39 is 0 Å². The van der Waals surface area contributed by atoms with Gasteiger partial charge in [-0.15, -0.1) is 0 Å². The van der Waals surface area contributed by atoms with Crippen molar-refractivity contribution in [2.45, 2.75) is 29.6 Å². The third-order valence-electron chi connectivity index (χ3n) is 2.75. The van der Waals surface area contributed by atoms with Gasteiger partial charge in [0.05, 0.1) is 0 Å². The second kappa shape index (κ2) is 5.81. The van der Waals surface area contributed by atoms with Crippen LogP contribution in [0.4, 0.5) is 5.69 Å². The average molecular weight is 322 g/mol. The Morgan fingerprint density at radius 1 is 1.06 bits per heavy atom. The largest absolute Gasteiger partial charge is 0.398 e. The third kappa shape index (κ3) is 3.30. The molecule has 0 aliphatic rings. The minimum absolute atomic E-state index is 0.569. The molecule has 0 saturated carbocycles. The van der Waals surface area contributed by atoms with Crippen LogP contribution in [0.25, 0.3) is 0 Å². The molecule has 0 amide bonds. The van der Waals surface area contributed by atoms with Crippen LogP contribution in [0.5, 0.6) is 0 Å². The van der Waals surface area contributed by atoms with E-state index in [2.05, 4.69) is 60.1 Å². The summed E-state index contributed by atoms with van der Waals surface area (Å²) in [5.74, 6) is 0.569. The van der Waals surface area contributed by atoms with Crippen LogP contribution >= 0.6 is 27.7 Å². The van der Waals surface area contributed by atoms with Crippen molar-refractivity contribution in [3.63, 3.8) is 0 Å². The number of nitrogens with two attached hydrogens (primary N) is 1. The highest BCUT2D eigenvalue weighted by Crippen LogP contribution is 2.34. The van der Waals surface area contributed by atoms with Gasteiger partial charge >= 0.3 is 0 Å². The van der Waals surface area contributed by atoms with E-state index in [9.17, 15) is 0 Å². The van der Waals surface area contributed by atoms with E-state index in [0.717, 1.165) is 15.1 Å². The van der Waals surface area contributed by atoms with Crippen LogP contribution in [-0.2, 0) is 0 Å². The fourth-order valence-corrected chi connectivity index (χ4v) is 3.05. The van der Waals surface area contributed by atoms with Crippen LogP contribution < -0.4 is 5.73 Å². The molecule has 2 aromatic rings. The Balaban J connectivity index is 2.21. The smallest absolute Gasteiger partial charge is 0.0456 e. The van der Waals surface area contributed by atoms with E-state index in [-0.39, 0.29) is 0 Å². The number of hydrogen-bond acceptors (Lipinski definition) is 2. The molecule has 0 aliphatic carbocycles. The molecule has 2 rings (SSSR count). The third-order valence-corrected chi connectivity index (χ3v) is 4.32. The predicted molar refractivity (Wildman–Crippen MR) is 83.2 cm³/mol. The van der Waals surface area contributed by atoms with Crippen molar-refractivity contribution >= 4 is 33.4 Å². The highest BCUT2D eigenvalue weighted by atomic mass is 79.9. The summed E-state index contributed by atoms with van der Waals surface area (Å²) in [6.07, 6.45) is 0. The minimum atomic E-state index is 0.569. The number of nitrogen functional groups attached to an aromatic ring is 1. The van der Waals surface area contributed by atoms with Gasteiger partial charge in [0, 0.05) is 20.0 Å². The Morgan fingerprint density at radius 2 is 1.72 bits per heavy atom. The molecule has 0 saturated heterocycles. The molecule has 0 spiro atoms. The second-order valence-corrected chi connectivity index (χ2v) is 6.54. The lowest BCUT2D eigenvalue weighted by Crippen LogP contribution is -1.89. The molecule has 0 fully saturated rings. The van der Waals surface area contributed by atoms with Crippen molar-refractivity contribution in [3.8, 4) is 0 Å². The second-order valence-electron chi connectivity index (χ2n) is 4.51. The summed E-state index contributed by atoms with van der Waals surface area (Å²) >= 11 is 5.17. The summed E-state index contributed by atoms with van der Waals surface area (Å²) in [6.45, 7) is 4.41. The molecule has 2 aromatic carbocycles. The van der Waals surface area contributed by atoms with Crippen molar-refractivity contribution < 1.29 is 0 Å². The standard InChI is InChI=1S/C15H16BrNS/c1-10(2)11-3-6-13(7-4-11)18-15-9-12(16)5-8-14(15)17/h3-10H,17H2,1-2H3. The van der Waals surface area contributed by atoms with Gasteiger partial charge in [-0.3, -0.25) is 0 Å². The van der Waals surface area contributed by atoms with E-state index in [1.54, 1.807) is 11.8 Å². The Bertz CT molecular complexity index is 535. The summed E-state index contributed by atoms with van der Waals surface area (Å²) in [4.78, 5) is 2.30. The van der Waals surface area contributed by atoms with Gasteiger partial charge in [0.15, 0.2) is 0 Å². The monoisotopic (exact) mass is 321 g/mol. The maximum Gasteiger partial charge on any atom is 0.0456 e. The first-order valence-electron chi connectivity index (χ1n) is 5.89. The zero-order valence-electron chi connectivity index (χ0n) is 10.5. The summed E-state index contributed by atoms with van der Waals surface area (Å²) in [7, 11) is 0. The van der Waals surface area contributed by atoms with E-state index in [4.69, 9.17) is 5.73 Å². The van der Waals surface area contributed by atoms with Crippen molar-refractivity contribution in [2.75, 3.05) is 5.73 Å². The zero-order valence-corrected chi connectivity index (χ0v) is 12.9. The van der Waals surface area contributed by atoms with Gasteiger partial charge in [0.1, 0.15) is 0 Å². The SMILES string of the molecule is CC(C)c1ccc(Sc2cc(Br)ccc2N)cc1. The topological polar surface area (TPSA) is 26.0 Å². The fraction of sp³-hybridized carbons (Fsp3) is 0.200. The van der Waals surface area contributed by atoms with Crippen LogP contribution in [-0.4, -0.2) is 0 Å². The molecule has 18 heavy (non-hydrogen) atoms. The summed E-state index contributed by atoms with van der Waals surface area (Å²) in [5, 5.41) is 0. The van der Waals surface area contributed by atoms with Crippen LogP contribution in [0.2, 0.25) is 0 Å². The van der Waals surface area contributed by atoms with Gasteiger partial charge < -0.3 is 5.73 Å². The molecule has 0 heterocycles. The summed E-state index contributed by atoms with van der Waals surface area (Å²) in [5.41, 5.74) is 8.15. The number of rotatable bonds is 3. The van der Waals surface area contributed by atoms with Gasteiger partial charge in [0.2, 0.25) is 0 Å². The first kappa shape index (κ1) is 13.5. The van der Waals surface area contributed by atoms with E-state index in [1.165, 1.54) is 10.5 Å². The molecule has 94 valence electrons. The van der Waals surface area contributed by atoms with Crippen molar-refractivity contribution in [1.82, 2.24) is 0 Å². The summed E-state index contributed by atoms with van der Waals surface area (Å²) in [6, 6.07) is 14.6. The fourth-order valence-electron chi connectivity index (χ4n) is 1.64. The van der Waals surface area contributed by atoms with Crippen LogP contribution in [0.1, 0.15) is 25.3 Å². The van der Waals surface area contributed by atoms with E-state index >= 15 is 0 Å². The van der Waals surface area contributed by atoms with Crippen molar-refractivity contribution in [1.29, 1.82) is 0 Å². The molecule has 0 radical (unpaired) electrons. The lowest BCUT2D eigenvalue weighted by molar-refractivity contribution is 0.865. The molecule has 0 atom stereocenters. The quantitative estimate of drug-likeness (QED) is 0.775. The lowest BCUT2D eigenvalue weighted by Gasteiger charge is -2.08. The van der Waals surface area contributed by atoms with Gasteiger partial charge in [-0.05, 0) is 41.8 Å². The van der Waals surface area contributed by atoms with Gasteiger partial charge in [0.25, 0.3) is 0 Å². The van der Waals surface area contributed by atoms with Gasteiger partial charge in [-0.2, -0.15) is 0 Å².